The first-order chi connectivity index (χ1) is 22.8. The number of fused-ring (bicyclic) bond motifs is 8. The number of nitrogens with zero attached hydrogens (tertiary/aromatic N) is 1. The normalized spacial score (nSPS) is 11.9. The van der Waals surface area contributed by atoms with Gasteiger partial charge >= 0.3 is 0 Å². The number of hydrogen-bond acceptors (Lipinski definition) is 3. The van der Waals surface area contributed by atoms with Crippen molar-refractivity contribution in [2.24, 2.45) is 0 Å². The van der Waals surface area contributed by atoms with E-state index in [4.69, 9.17) is 13.8 Å². The lowest BCUT2D eigenvalue weighted by molar-refractivity contribution is 0.629. The molecule has 0 atom stereocenters. The van der Waals surface area contributed by atoms with Gasteiger partial charge in [-0.1, -0.05) is 115 Å². The zero-order chi connectivity index (χ0) is 30.2. The van der Waals surface area contributed by atoms with Crippen LogP contribution >= 0.6 is 0 Å². The van der Waals surface area contributed by atoms with E-state index >= 15 is 0 Å². The first-order valence-electron chi connectivity index (χ1n) is 15.6. The van der Waals surface area contributed by atoms with E-state index in [2.05, 4.69) is 109 Å². The maximum Gasteiger partial charge on any atom is 0.161 e. The van der Waals surface area contributed by atoms with Gasteiger partial charge in [0, 0.05) is 33.5 Å². The first-order valence-corrected chi connectivity index (χ1v) is 15.6. The first kappa shape index (κ1) is 25.2. The fraction of sp³-hybridized carbons (Fsp3) is 0. The topological polar surface area (TPSA) is 39.2 Å². The number of para-hydroxylation sites is 2. The molecule has 0 aliphatic carbocycles. The summed E-state index contributed by atoms with van der Waals surface area (Å²) in [6.07, 6.45) is 1.82. The van der Waals surface area contributed by atoms with Crippen LogP contribution in [0.5, 0.6) is 0 Å². The third kappa shape index (κ3) is 3.51. The molecule has 10 rings (SSSR count). The predicted molar refractivity (Wildman–Crippen MR) is 190 cm³/mol. The molecule has 3 nitrogen and oxygen atoms in total. The minimum Gasteiger partial charge on any atom is -0.456 e. The van der Waals surface area contributed by atoms with Crippen LogP contribution in [0.4, 0.5) is 0 Å². The molecule has 0 aliphatic heterocycles. The van der Waals surface area contributed by atoms with Gasteiger partial charge in [0.1, 0.15) is 22.4 Å². The number of benzene rings is 7. The molecule has 7 aromatic carbocycles. The van der Waals surface area contributed by atoms with Gasteiger partial charge in [-0.05, 0) is 73.8 Å². The Balaban J connectivity index is 1.39. The molecule has 0 aliphatic rings. The summed E-state index contributed by atoms with van der Waals surface area (Å²) >= 11 is 0. The molecule has 0 fully saturated rings. The molecule has 0 saturated carbocycles. The van der Waals surface area contributed by atoms with Gasteiger partial charge in [-0.2, -0.15) is 0 Å². The SMILES string of the molecule is c1ccc(-c2oc3ccccc3c2-c2c3ccccc3c(-c3cc4oc5ccccc5c4c4ccccc34)c3ccccc23)nc1. The molecule has 3 heterocycles. The van der Waals surface area contributed by atoms with E-state index in [-0.39, 0.29) is 0 Å². The Kier molecular flexibility index (Phi) is 5.28. The Bertz CT molecular complexity index is 2750. The summed E-state index contributed by atoms with van der Waals surface area (Å²) in [6.45, 7) is 0. The van der Waals surface area contributed by atoms with Gasteiger partial charge in [0.05, 0.1) is 0 Å². The average Bonchev–Trinajstić information content (AvgIpc) is 3.69. The number of aromatic nitrogens is 1. The average molecular weight is 588 g/mol. The van der Waals surface area contributed by atoms with E-state index in [1.165, 1.54) is 27.1 Å². The molecule has 46 heavy (non-hydrogen) atoms. The Morgan fingerprint density at radius 2 is 0.891 bits per heavy atom. The zero-order valence-corrected chi connectivity index (χ0v) is 24.7. The number of rotatable bonds is 3. The van der Waals surface area contributed by atoms with Crippen LogP contribution in [-0.4, -0.2) is 4.98 Å². The van der Waals surface area contributed by atoms with Crippen LogP contribution in [0.2, 0.25) is 0 Å². The summed E-state index contributed by atoms with van der Waals surface area (Å²) in [5.41, 5.74) is 8.01. The second-order valence-electron chi connectivity index (χ2n) is 11.8. The summed E-state index contributed by atoms with van der Waals surface area (Å²) in [6, 6.07) is 51.1. The van der Waals surface area contributed by atoms with Crippen molar-refractivity contribution in [2.45, 2.75) is 0 Å². The lowest BCUT2D eigenvalue weighted by Gasteiger charge is -2.19. The standard InChI is InChI=1S/C43H25NO2/c1-2-14-27-26(13-1)34(25-38-40(27)32-19-7-9-22-36(32)45-38)39-28-15-3-5-17-30(28)41(31-18-6-4-16-29(31)39)42-33-20-8-10-23-37(33)46-43(42)35-21-11-12-24-44-35/h1-25H. The third-order valence-electron chi connectivity index (χ3n) is 9.33. The van der Waals surface area contributed by atoms with Gasteiger partial charge in [-0.15, -0.1) is 0 Å². The van der Waals surface area contributed by atoms with E-state index in [1.54, 1.807) is 0 Å². The minimum absolute atomic E-state index is 0.777. The van der Waals surface area contributed by atoms with Crippen LogP contribution in [0.1, 0.15) is 0 Å². The quantitative estimate of drug-likeness (QED) is 0.193. The lowest BCUT2D eigenvalue weighted by atomic mass is 9.83. The monoisotopic (exact) mass is 587 g/mol. The highest BCUT2D eigenvalue weighted by molar-refractivity contribution is 6.29. The maximum absolute atomic E-state index is 6.61. The summed E-state index contributed by atoms with van der Waals surface area (Å²) in [5, 5.41) is 10.4. The van der Waals surface area contributed by atoms with Crippen molar-refractivity contribution in [1.82, 2.24) is 4.98 Å². The molecule has 10 aromatic rings. The molecule has 0 N–H and O–H groups in total. The van der Waals surface area contributed by atoms with Crippen molar-refractivity contribution in [1.29, 1.82) is 0 Å². The molecule has 0 amide bonds. The zero-order valence-electron chi connectivity index (χ0n) is 24.7. The van der Waals surface area contributed by atoms with Crippen LogP contribution in [0, 0.1) is 0 Å². The number of furan rings is 2. The van der Waals surface area contributed by atoms with E-state index < -0.39 is 0 Å². The molecule has 0 radical (unpaired) electrons. The van der Waals surface area contributed by atoms with Crippen LogP contribution in [-0.2, 0) is 0 Å². The summed E-state index contributed by atoms with van der Waals surface area (Å²) < 4.78 is 13.1. The van der Waals surface area contributed by atoms with Crippen molar-refractivity contribution in [3.63, 3.8) is 0 Å². The smallest absolute Gasteiger partial charge is 0.161 e. The van der Waals surface area contributed by atoms with Gasteiger partial charge in [0.15, 0.2) is 5.76 Å². The second kappa shape index (κ2) is 9.65. The molecule has 0 unspecified atom stereocenters. The Morgan fingerprint density at radius 3 is 1.54 bits per heavy atom. The largest absolute Gasteiger partial charge is 0.456 e. The van der Waals surface area contributed by atoms with E-state index in [0.29, 0.717) is 0 Å². The number of hydrogen-bond donors (Lipinski definition) is 0. The number of pyridine rings is 1. The highest BCUT2D eigenvalue weighted by atomic mass is 16.3. The fourth-order valence-electron chi connectivity index (χ4n) is 7.45. The predicted octanol–water partition coefficient (Wildman–Crippen LogP) is 12.2. The minimum atomic E-state index is 0.777. The van der Waals surface area contributed by atoms with Crippen LogP contribution < -0.4 is 0 Å². The van der Waals surface area contributed by atoms with Crippen LogP contribution in [0.25, 0.3) is 98.9 Å². The molecule has 214 valence electrons. The molecule has 3 aromatic heterocycles. The van der Waals surface area contributed by atoms with Gasteiger partial charge in [-0.25, -0.2) is 0 Å². The Morgan fingerprint density at radius 1 is 0.370 bits per heavy atom. The lowest BCUT2D eigenvalue weighted by Crippen LogP contribution is -1.93. The Hall–Kier alpha value is -6.19. The molecule has 0 bridgehead atoms. The van der Waals surface area contributed by atoms with Gasteiger partial charge in [0.2, 0.25) is 0 Å². The van der Waals surface area contributed by atoms with Gasteiger partial charge < -0.3 is 8.83 Å². The molecular formula is C43H25NO2. The van der Waals surface area contributed by atoms with Crippen molar-refractivity contribution in [2.75, 3.05) is 0 Å². The van der Waals surface area contributed by atoms with Crippen molar-refractivity contribution in [3.05, 3.63) is 152 Å². The van der Waals surface area contributed by atoms with Gasteiger partial charge in [-0.3, -0.25) is 4.98 Å². The second-order valence-corrected chi connectivity index (χ2v) is 11.8. The molecular weight excluding hydrogens is 562 g/mol. The van der Waals surface area contributed by atoms with E-state index in [9.17, 15) is 0 Å². The van der Waals surface area contributed by atoms with Gasteiger partial charge in [0.25, 0.3) is 0 Å². The fourth-order valence-corrected chi connectivity index (χ4v) is 7.45. The summed E-state index contributed by atoms with van der Waals surface area (Å²) in [7, 11) is 0. The maximum atomic E-state index is 6.61. The highest BCUT2D eigenvalue weighted by Gasteiger charge is 2.25. The van der Waals surface area contributed by atoms with Crippen molar-refractivity contribution < 1.29 is 8.83 Å². The van der Waals surface area contributed by atoms with Crippen LogP contribution in [0.3, 0.4) is 0 Å². The van der Waals surface area contributed by atoms with E-state index in [1.807, 2.05) is 42.6 Å². The Labute approximate surface area is 264 Å². The molecule has 0 saturated heterocycles. The molecule has 0 spiro atoms. The summed E-state index contributed by atoms with van der Waals surface area (Å²) in [5.74, 6) is 0.777. The molecule has 3 heteroatoms. The van der Waals surface area contributed by atoms with E-state index in [0.717, 1.165) is 71.8 Å². The highest BCUT2D eigenvalue weighted by Crippen LogP contribution is 2.50. The third-order valence-corrected chi connectivity index (χ3v) is 9.33. The van der Waals surface area contributed by atoms with Crippen molar-refractivity contribution >= 4 is 65.2 Å². The summed E-state index contributed by atoms with van der Waals surface area (Å²) in [4.78, 5) is 4.73. The van der Waals surface area contributed by atoms with Crippen LogP contribution in [0.15, 0.2) is 161 Å². The van der Waals surface area contributed by atoms with Crippen molar-refractivity contribution in [3.8, 4) is 33.7 Å².